The molecule has 2 aromatic rings. The number of carbonyl (C=O) groups excluding carboxylic acids is 3. The molecular weight excluding hydrogens is 501 g/mol. The summed E-state index contributed by atoms with van der Waals surface area (Å²) in [6.07, 6.45) is -1.68. The zero-order chi connectivity index (χ0) is 26.9. The Kier molecular flexibility index (Phi) is 10.9. The number of piperidine rings is 1. The fourth-order valence-electron chi connectivity index (χ4n) is 3.77. The average Bonchev–Trinajstić information content (AvgIpc) is 3.27. The highest BCUT2D eigenvalue weighted by molar-refractivity contribution is 7.20. The summed E-state index contributed by atoms with van der Waals surface area (Å²) in [6, 6.07) is 6.70. The highest BCUT2D eigenvalue weighted by Crippen LogP contribution is 2.26. The SMILES string of the molecule is CC(=O)N(C(=O)C1CCCNC1)C(CCCCN)C(=O)c1nc2ccccc2s1.O=C(O)C(F)(F)F. The number of thiazole rings is 1. The molecule has 2 amide bonds. The van der Waals surface area contributed by atoms with Crippen molar-refractivity contribution in [3.8, 4) is 0 Å². The van der Waals surface area contributed by atoms with E-state index in [2.05, 4.69) is 10.3 Å². The molecule has 1 saturated heterocycles. The number of alkyl halides is 3. The molecule has 2 unspecified atom stereocenters. The third-order valence-electron chi connectivity index (χ3n) is 5.52. The van der Waals surface area contributed by atoms with Gasteiger partial charge in [-0.3, -0.25) is 19.3 Å². The fourth-order valence-corrected chi connectivity index (χ4v) is 4.72. The third kappa shape index (κ3) is 8.07. The summed E-state index contributed by atoms with van der Waals surface area (Å²) in [7, 11) is 0. The van der Waals surface area contributed by atoms with Gasteiger partial charge in [0.15, 0.2) is 5.01 Å². The molecule has 2 atom stereocenters. The van der Waals surface area contributed by atoms with E-state index in [9.17, 15) is 27.6 Å². The van der Waals surface area contributed by atoms with E-state index in [1.165, 1.54) is 23.2 Å². The molecule has 1 aromatic heterocycles. The summed E-state index contributed by atoms with van der Waals surface area (Å²) in [5.74, 6) is -3.97. The van der Waals surface area contributed by atoms with Crippen LogP contribution in [0.25, 0.3) is 10.2 Å². The van der Waals surface area contributed by atoms with Crippen molar-refractivity contribution >= 4 is 45.1 Å². The van der Waals surface area contributed by atoms with E-state index in [-0.39, 0.29) is 17.6 Å². The standard InChI is InChI=1S/C21H28N4O3S.C2HF3O2/c1-14(26)25(21(28)15-7-6-12-23-13-15)17(9-4-5-11-22)19(27)20-24-16-8-2-3-10-18(16)29-20;3-2(4,5)1(6)7/h2-3,8,10,15,17,23H,4-7,9,11-13,22H2,1H3;(H,6,7). The van der Waals surface area contributed by atoms with Gasteiger partial charge in [-0.2, -0.15) is 13.2 Å². The van der Waals surface area contributed by atoms with Crippen LogP contribution in [0.1, 0.15) is 48.8 Å². The summed E-state index contributed by atoms with van der Waals surface area (Å²) in [5.41, 5.74) is 6.36. The second-order valence-electron chi connectivity index (χ2n) is 8.22. The largest absolute Gasteiger partial charge is 0.490 e. The van der Waals surface area contributed by atoms with Crippen LogP contribution >= 0.6 is 11.3 Å². The van der Waals surface area contributed by atoms with E-state index in [1.807, 2.05) is 24.3 Å². The number of benzene rings is 1. The molecule has 0 bridgehead atoms. The van der Waals surface area contributed by atoms with Gasteiger partial charge < -0.3 is 16.2 Å². The second kappa shape index (κ2) is 13.4. The van der Waals surface area contributed by atoms with Gasteiger partial charge in [-0.15, -0.1) is 11.3 Å². The molecule has 9 nitrogen and oxygen atoms in total. The molecule has 3 rings (SSSR count). The Bertz CT molecular complexity index is 1040. The zero-order valence-corrected chi connectivity index (χ0v) is 20.5. The van der Waals surface area contributed by atoms with Crippen molar-refractivity contribution in [1.29, 1.82) is 0 Å². The number of rotatable bonds is 8. The molecule has 1 aliphatic rings. The van der Waals surface area contributed by atoms with Gasteiger partial charge in [0.2, 0.25) is 17.6 Å². The first-order valence-corrected chi connectivity index (χ1v) is 12.2. The Morgan fingerprint density at radius 1 is 1.25 bits per heavy atom. The Morgan fingerprint density at radius 3 is 2.44 bits per heavy atom. The summed E-state index contributed by atoms with van der Waals surface area (Å²) < 4.78 is 32.6. The molecule has 2 heterocycles. The average molecular weight is 531 g/mol. The van der Waals surface area contributed by atoms with Crippen molar-refractivity contribution in [1.82, 2.24) is 15.2 Å². The normalized spacial score (nSPS) is 16.5. The predicted molar refractivity (Wildman–Crippen MR) is 127 cm³/mol. The minimum atomic E-state index is -5.08. The van der Waals surface area contributed by atoms with Crippen molar-refractivity contribution in [2.24, 2.45) is 11.7 Å². The molecule has 36 heavy (non-hydrogen) atoms. The van der Waals surface area contributed by atoms with Crippen LogP contribution in [0.2, 0.25) is 0 Å². The Hall–Kier alpha value is -2.90. The van der Waals surface area contributed by atoms with Gasteiger partial charge in [0, 0.05) is 13.5 Å². The Labute approximate surface area is 209 Å². The Morgan fingerprint density at radius 2 is 1.92 bits per heavy atom. The van der Waals surface area contributed by atoms with E-state index < -0.39 is 24.1 Å². The lowest BCUT2D eigenvalue weighted by atomic mass is 9.95. The maximum absolute atomic E-state index is 13.4. The summed E-state index contributed by atoms with van der Waals surface area (Å²) in [6.45, 7) is 3.26. The number of hydrogen-bond acceptors (Lipinski definition) is 8. The van der Waals surface area contributed by atoms with Crippen LogP contribution in [0, 0.1) is 5.92 Å². The van der Waals surface area contributed by atoms with Crippen LogP contribution in [-0.2, 0) is 14.4 Å². The van der Waals surface area contributed by atoms with Crippen molar-refractivity contribution in [3.05, 3.63) is 29.3 Å². The molecular formula is C23H29F3N4O5S. The lowest BCUT2D eigenvalue weighted by molar-refractivity contribution is -0.192. The smallest absolute Gasteiger partial charge is 0.475 e. The number of para-hydroxylation sites is 1. The molecule has 1 aliphatic heterocycles. The van der Waals surface area contributed by atoms with E-state index in [4.69, 9.17) is 15.6 Å². The number of unbranched alkanes of at least 4 members (excludes halogenated alkanes) is 1. The maximum Gasteiger partial charge on any atom is 0.490 e. The number of carbonyl (C=O) groups is 4. The second-order valence-corrected chi connectivity index (χ2v) is 9.26. The number of imide groups is 1. The zero-order valence-electron chi connectivity index (χ0n) is 19.7. The van der Waals surface area contributed by atoms with Crippen molar-refractivity contribution < 1.29 is 37.5 Å². The topological polar surface area (TPSA) is 143 Å². The maximum atomic E-state index is 13.4. The molecule has 0 aliphatic carbocycles. The van der Waals surface area contributed by atoms with Gasteiger partial charge in [0.1, 0.15) is 6.04 Å². The number of aromatic nitrogens is 1. The highest BCUT2D eigenvalue weighted by Gasteiger charge is 2.39. The first-order chi connectivity index (χ1) is 17.0. The van der Waals surface area contributed by atoms with E-state index in [0.29, 0.717) is 30.9 Å². The predicted octanol–water partition coefficient (Wildman–Crippen LogP) is 2.98. The Balaban J connectivity index is 0.000000572. The molecule has 13 heteroatoms. The van der Waals surface area contributed by atoms with Crippen LogP contribution in [0.15, 0.2) is 24.3 Å². The van der Waals surface area contributed by atoms with Gasteiger partial charge in [0.05, 0.1) is 16.1 Å². The number of carboxylic acid groups (broad SMARTS) is 1. The minimum Gasteiger partial charge on any atom is -0.475 e. The molecule has 0 radical (unpaired) electrons. The molecule has 1 aromatic carbocycles. The number of hydrogen-bond donors (Lipinski definition) is 3. The summed E-state index contributed by atoms with van der Waals surface area (Å²) in [5, 5.41) is 10.7. The van der Waals surface area contributed by atoms with Gasteiger partial charge in [-0.05, 0) is 57.3 Å². The van der Waals surface area contributed by atoms with Crippen molar-refractivity contribution in [2.75, 3.05) is 19.6 Å². The quantitative estimate of drug-likeness (QED) is 0.349. The summed E-state index contributed by atoms with van der Waals surface area (Å²) in [4.78, 5) is 53.6. The van der Waals surface area contributed by atoms with Crippen LogP contribution in [-0.4, -0.2) is 70.4 Å². The highest BCUT2D eigenvalue weighted by atomic mass is 32.1. The van der Waals surface area contributed by atoms with Gasteiger partial charge >= 0.3 is 12.1 Å². The fraction of sp³-hybridized carbons (Fsp3) is 0.522. The number of nitrogens with zero attached hydrogens (tertiary/aromatic N) is 2. The van der Waals surface area contributed by atoms with E-state index in [1.54, 1.807) is 0 Å². The number of Topliss-reactive ketones (excluding diaryl/α,β-unsaturated/α-hetero) is 1. The first kappa shape index (κ1) is 29.3. The number of carboxylic acids is 1. The van der Waals surface area contributed by atoms with Crippen LogP contribution < -0.4 is 11.1 Å². The number of aliphatic carboxylic acids is 1. The number of fused-ring (bicyclic) bond motifs is 1. The van der Waals surface area contributed by atoms with Crippen molar-refractivity contribution in [3.63, 3.8) is 0 Å². The van der Waals surface area contributed by atoms with Crippen LogP contribution in [0.3, 0.4) is 0 Å². The van der Waals surface area contributed by atoms with Gasteiger partial charge in [-0.25, -0.2) is 9.78 Å². The van der Waals surface area contributed by atoms with E-state index in [0.717, 1.165) is 36.0 Å². The molecule has 198 valence electrons. The molecule has 1 fully saturated rings. The number of nitrogens with two attached hydrogens (primary N) is 1. The van der Waals surface area contributed by atoms with Crippen molar-refractivity contribution in [2.45, 2.75) is 51.2 Å². The van der Waals surface area contributed by atoms with E-state index >= 15 is 0 Å². The number of nitrogens with one attached hydrogen (secondary N) is 1. The lowest BCUT2D eigenvalue weighted by Gasteiger charge is -2.32. The lowest BCUT2D eigenvalue weighted by Crippen LogP contribution is -2.52. The molecule has 4 N–H and O–H groups in total. The molecule has 0 spiro atoms. The number of ketones is 1. The summed E-state index contributed by atoms with van der Waals surface area (Å²) >= 11 is 1.30. The first-order valence-electron chi connectivity index (χ1n) is 11.4. The minimum absolute atomic E-state index is 0.267. The monoisotopic (exact) mass is 530 g/mol. The number of amides is 2. The van der Waals surface area contributed by atoms with Gasteiger partial charge in [-0.1, -0.05) is 12.1 Å². The third-order valence-corrected chi connectivity index (χ3v) is 6.57. The molecule has 0 saturated carbocycles. The number of halogens is 3. The van der Waals surface area contributed by atoms with Gasteiger partial charge in [0.25, 0.3) is 0 Å². The van der Waals surface area contributed by atoms with Crippen LogP contribution in [0.4, 0.5) is 13.2 Å². The van der Waals surface area contributed by atoms with Crippen LogP contribution in [0.5, 0.6) is 0 Å².